The Balaban J connectivity index is 1.75. The number of rotatable bonds is 9. The van der Waals surface area contributed by atoms with Gasteiger partial charge in [0.05, 0.1) is 35.4 Å². The second kappa shape index (κ2) is 11.1. The summed E-state index contributed by atoms with van der Waals surface area (Å²) in [5, 5.41) is 4.69. The molecule has 2 heterocycles. The lowest BCUT2D eigenvalue weighted by atomic mass is 9.98. The Morgan fingerprint density at radius 3 is 2.62 bits per heavy atom. The van der Waals surface area contributed by atoms with E-state index in [-0.39, 0.29) is 12.0 Å². The van der Waals surface area contributed by atoms with Crippen molar-refractivity contribution >= 4 is 11.6 Å². The van der Waals surface area contributed by atoms with Crippen LogP contribution in [0.25, 0.3) is 5.70 Å². The fourth-order valence-corrected chi connectivity index (χ4v) is 3.72. The fraction of sp³-hybridized carbons (Fsp3) is 0.565. The molecule has 1 saturated carbocycles. The number of nitrogens with two attached hydrogens (primary N) is 2. The maximum absolute atomic E-state index is 6.47. The molecule has 1 atom stereocenters. The quantitative estimate of drug-likeness (QED) is 0.397. The number of hydrogen-bond donors (Lipinski definition) is 3. The number of hydrazine groups is 1. The highest BCUT2D eigenvalue weighted by molar-refractivity contribution is 5.64. The number of anilines is 1. The summed E-state index contributed by atoms with van der Waals surface area (Å²) in [6, 6.07) is 3.83. The summed E-state index contributed by atoms with van der Waals surface area (Å²) < 4.78 is 6.18. The summed E-state index contributed by atoms with van der Waals surface area (Å²) in [4.78, 5) is 17.7. The van der Waals surface area contributed by atoms with Crippen LogP contribution in [0.4, 0.5) is 5.95 Å². The predicted octanol–water partition coefficient (Wildman–Crippen LogP) is 3.34. The van der Waals surface area contributed by atoms with Crippen LogP contribution in [-0.4, -0.2) is 44.6 Å². The van der Waals surface area contributed by atoms with Crippen molar-refractivity contribution < 1.29 is 4.74 Å². The summed E-state index contributed by atoms with van der Waals surface area (Å²) in [5.74, 6) is 8.41. The molecule has 0 amide bonds. The first kappa shape index (κ1) is 23.7. The van der Waals surface area contributed by atoms with Gasteiger partial charge in [0.25, 0.3) is 0 Å². The van der Waals surface area contributed by atoms with E-state index >= 15 is 0 Å². The van der Waals surface area contributed by atoms with Gasteiger partial charge in [-0.2, -0.15) is 4.98 Å². The largest absolute Gasteiger partial charge is 0.489 e. The topological polar surface area (TPSA) is 128 Å². The van der Waals surface area contributed by atoms with E-state index in [2.05, 4.69) is 39.1 Å². The molecule has 3 rings (SSSR count). The Kier molecular flexibility index (Phi) is 8.21. The zero-order valence-electron chi connectivity index (χ0n) is 19.6. The Morgan fingerprint density at radius 1 is 1.22 bits per heavy atom. The number of nitrogens with zero attached hydrogens (tertiary/aromatic N) is 5. The van der Waals surface area contributed by atoms with Crippen LogP contribution >= 0.6 is 0 Å². The van der Waals surface area contributed by atoms with E-state index in [1.807, 2.05) is 19.1 Å². The molecule has 5 N–H and O–H groups in total. The molecule has 9 heteroatoms. The van der Waals surface area contributed by atoms with Gasteiger partial charge < -0.3 is 20.8 Å². The van der Waals surface area contributed by atoms with Gasteiger partial charge in [-0.15, -0.1) is 0 Å². The highest BCUT2D eigenvalue weighted by atomic mass is 16.5. The van der Waals surface area contributed by atoms with Gasteiger partial charge in [0, 0.05) is 13.0 Å². The van der Waals surface area contributed by atoms with Gasteiger partial charge in [-0.05, 0) is 51.2 Å². The molecule has 32 heavy (non-hydrogen) atoms. The van der Waals surface area contributed by atoms with Crippen LogP contribution in [-0.2, 0) is 0 Å². The van der Waals surface area contributed by atoms with Crippen molar-refractivity contribution in [3.63, 3.8) is 0 Å². The molecule has 1 unspecified atom stereocenters. The maximum atomic E-state index is 6.47. The minimum atomic E-state index is 0.261. The van der Waals surface area contributed by atoms with Crippen molar-refractivity contribution in [2.24, 2.45) is 11.6 Å². The first-order valence-corrected chi connectivity index (χ1v) is 11.4. The minimum absolute atomic E-state index is 0.261. The monoisotopic (exact) mass is 440 g/mol. The molecule has 1 aliphatic rings. The van der Waals surface area contributed by atoms with Crippen LogP contribution in [0, 0.1) is 6.92 Å². The smallest absolute Gasteiger partial charge is 0.226 e. The highest BCUT2D eigenvalue weighted by Gasteiger charge is 2.18. The zero-order valence-corrected chi connectivity index (χ0v) is 19.6. The molecule has 0 aromatic carbocycles. The van der Waals surface area contributed by atoms with E-state index in [1.165, 1.54) is 30.6 Å². The molecule has 1 aliphatic carbocycles. The second-order valence-corrected chi connectivity index (χ2v) is 8.46. The van der Waals surface area contributed by atoms with Crippen LogP contribution in [0.3, 0.4) is 0 Å². The molecule has 2 aromatic heterocycles. The molecule has 174 valence electrons. The van der Waals surface area contributed by atoms with Crippen molar-refractivity contribution in [1.29, 1.82) is 0 Å². The van der Waals surface area contributed by atoms with Gasteiger partial charge in [0.15, 0.2) is 0 Å². The van der Waals surface area contributed by atoms with Gasteiger partial charge in [0.2, 0.25) is 5.95 Å². The number of nitrogens with one attached hydrogen (secondary N) is 1. The molecule has 0 saturated heterocycles. The second-order valence-electron chi connectivity index (χ2n) is 8.46. The van der Waals surface area contributed by atoms with Gasteiger partial charge in [-0.3, -0.25) is 0 Å². The predicted molar refractivity (Wildman–Crippen MR) is 127 cm³/mol. The van der Waals surface area contributed by atoms with Crippen LogP contribution < -0.4 is 21.6 Å². The van der Waals surface area contributed by atoms with Crippen LogP contribution in [0.5, 0.6) is 5.75 Å². The van der Waals surface area contributed by atoms with Crippen molar-refractivity contribution in [3.05, 3.63) is 41.4 Å². The van der Waals surface area contributed by atoms with E-state index in [9.17, 15) is 0 Å². The zero-order chi connectivity index (χ0) is 23.1. The van der Waals surface area contributed by atoms with E-state index < -0.39 is 0 Å². The Morgan fingerprint density at radius 2 is 1.97 bits per heavy atom. The number of likely N-dealkylation sites (N-methyl/N-ethyl adjacent to an activating group) is 1. The van der Waals surface area contributed by atoms with Gasteiger partial charge in [-0.25, -0.2) is 20.8 Å². The lowest BCUT2D eigenvalue weighted by Gasteiger charge is -2.24. The third-order valence-electron chi connectivity index (χ3n) is 5.95. The lowest BCUT2D eigenvalue weighted by molar-refractivity contribution is 0.153. The number of aromatic nitrogens is 4. The van der Waals surface area contributed by atoms with Crippen molar-refractivity contribution in [2.45, 2.75) is 71.3 Å². The maximum Gasteiger partial charge on any atom is 0.226 e. The normalized spacial score (nSPS) is 16.3. The molecule has 9 nitrogen and oxygen atoms in total. The minimum Gasteiger partial charge on any atom is -0.489 e. The average Bonchev–Trinajstić information content (AvgIpc) is 2.80. The molecular formula is C23H36N8O. The third kappa shape index (κ3) is 6.06. The SMILES string of the molecule is CCC(C)c1ncnc(NC/C(=C(/N)c2ccc(OC3CCCCC3)c(C)n2)N(C)N)n1. The molecule has 0 aliphatic heterocycles. The van der Waals surface area contributed by atoms with Gasteiger partial charge >= 0.3 is 0 Å². The van der Waals surface area contributed by atoms with Crippen molar-refractivity contribution in [1.82, 2.24) is 24.9 Å². The van der Waals surface area contributed by atoms with Crippen LogP contribution in [0.1, 0.15) is 75.5 Å². The van der Waals surface area contributed by atoms with E-state index in [4.69, 9.17) is 16.3 Å². The molecule has 0 radical (unpaired) electrons. The van der Waals surface area contributed by atoms with E-state index in [0.29, 0.717) is 29.6 Å². The van der Waals surface area contributed by atoms with Crippen molar-refractivity contribution in [3.8, 4) is 5.75 Å². The van der Waals surface area contributed by atoms with E-state index in [0.717, 1.165) is 36.5 Å². The molecule has 1 fully saturated rings. The Bertz CT molecular complexity index is 924. The van der Waals surface area contributed by atoms with Gasteiger partial charge in [0.1, 0.15) is 17.9 Å². The molecule has 0 spiro atoms. The summed E-state index contributed by atoms with van der Waals surface area (Å²) >= 11 is 0. The first-order chi connectivity index (χ1) is 15.4. The number of pyridine rings is 1. The average molecular weight is 441 g/mol. The van der Waals surface area contributed by atoms with Crippen LogP contribution in [0.15, 0.2) is 24.2 Å². The summed E-state index contributed by atoms with van der Waals surface area (Å²) in [7, 11) is 1.75. The summed E-state index contributed by atoms with van der Waals surface area (Å²) in [6.45, 7) is 6.49. The highest BCUT2D eigenvalue weighted by Crippen LogP contribution is 2.26. The number of aryl methyl sites for hydroxylation is 1. The lowest BCUT2D eigenvalue weighted by Crippen LogP contribution is -2.32. The fourth-order valence-electron chi connectivity index (χ4n) is 3.72. The Labute approximate surface area is 190 Å². The van der Waals surface area contributed by atoms with E-state index in [1.54, 1.807) is 7.05 Å². The Hall–Kier alpha value is -2.94. The molecule has 2 aromatic rings. The van der Waals surface area contributed by atoms with Crippen LogP contribution in [0.2, 0.25) is 0 Å². The standard InChI is InChI=1S/C23H36N8O/c1-5-15(2)22-27-14-28-23(30-22)26-13-19(31(4)25)21(24)18-11-12-20(16(3)29-18)32-17-9-7-6-8-10-17/h11-12,14-15,17H,5-10,13,24-25H2,1-4H3,(H,26,27,28,30)/b21-19-. The molecule has 0 bridgehead atoms. The summed E-state index contributed by atoms with van der Waals surface area (Å²) in [5.41, 5.74) is 9.12. The number of ether oxygens (including phenoxy) is 1. The number of hydrogen-bond acceptors (Lipinski definition) is 9. The molecular weight excluding hydrogens is 404 g/mol. The first-order valence-electron chi connectivity index (χ1n) is 11.4. The van der Waals surface area contributed by atoms with Crippen molar-refractivity contribution in [2.75, 3.05) is 18.9 Å². The van der Waals surface area contributed by atoms with Gasteiger partial charge in [-0.1, -0.05) is 20.3 Å². The third-order valence-corrected chi connectivity index (χ3v) is 5.95. The summed E-state index contributed by atoms with van der Waals surface area (Å²) in [6.07, 6.45) is 8.71.